The predicted molar refractivity (Wildman–Crippen MR) is 89.0 cm³/mol. The zero-order valence-corrected chi connectivity index (χ0v) is 13.2. The van der Waals surface area contributed by atoms with Gasteiger partial charge in [0.05, 0.1) is 10.5 Å². The van der Waals surface area contributed by atoms with Gasteiger partial charge in [-0.2, -0.15) is 0 Å². The van der Waals surface area contributed by atoms with Crippen LogP contribution in [0.25, 0.3) is 0 Å². The number of esters is 1. The smallest absolute Gasteiger partial charge is 0.345 e. The van der Waals surface area contributed by atoms with Gasteiger partial charge in [-0.3, -0.25) is 10.1 Å². The van der Waals surface area contributed by atoms with E-state index in [0.29, 0.717) is 6.54 Å². The third-order valence-corrected chi connectivity index (χ3v) is 3.44. The van der Waals surface area contributed by atoms with Crippen molar-refractivity contribution in [3.05, 3.63) is 75.8 Å². The molecule has 0 aromatic heterocycles. The van der Waals surface area contributed by atoms with E-state index in [1.54, 1.807) is 11.9 Å². The van der Waals surface area contributed by atoms with Gasteiger partial charge in [-0.15, -0.1) is 0 Å². The number of rotatable bonds is 4. The largest absolute Gasteiger partial charge is 0.395 e. The molecule has 0 unspecified atom stereocenters. The van der Waals surface area contributed by atoms with Crippen molar-refractivity contribution < 1.29 is 14.5 Å². The molecule has 2 aromatic rings. The van der Waals surface area contributed by atoms with E-state index in [9.17, 15) is 14.9 Å². The molecule has 118 valence electrons. The van der Waals surface area contributed by atoms with Crippen molar-refractivity contribution in [1.82, 2.24) is 4.90 Å². The zero-order valence-electron chi connectivity index (χ0n) is 12.3. The van der Waals surface area contributed by atoms with Crippen LogP contribution in [0.2, 0.25) is 0 Å². The molecule has 0 bridgehead atoms. The highest BCUT2D eigenvalue weighted by Crippen LogP contribution is 2.14. The Morgan fingerprint density at radius 3 is 2.57 bits per heavy atom. The lowest BCUT2D eigenvalue weighted by molar-refractivity contribution is -0.384. The standard InChI is InChI=1S/C16H14N2O4S/c1-17(11-12-6-3-2-4-7-12)16(23)22-15(19)13-8-5-9-14(10-13)18(20)21/h2-10H,11H2,1H3. The maximum absolute atomic E-state index is 12.0. The van der Waals surface area contributed by atoms with Crippen LogP contribution in [0.4, 0.5) is 5.69 Å². The summed E-state index contributed by atoms with van der Waals surface area (Å²) in [6, 6.07) is 14.9. The second-order valence-electron chi connectivity index (χ2n) is 4.80. The van der Waals surface area contributed by atoms with Crippen molar-refractivity contribution in [3.8, 4) is 0 Å². The lowest BCUT2D eigenvalue weighted by Gasteiger charge is -2.19. The van der Waals surface area contributed by atoms with Crippen LogP contribution in [0.1, 0.15) is 15.9 Å². The van der Waals surface area contributed by atoms with Crippen molar-refractivity contribution in [2.75, 3.05) is 7.05 Å². The molecule has 6 nitrogen and oxygen atoms in total. The van der Waals surface area contributed by atoms with Crippen molar-refractivity contribution in [1.29, 1.82) is 0 Å². The van der Waals surface area contributed by atoms with Crippen LogP contribution < -0.4 is 0 Å². The summed E-state index contributed by atoms with van der Waals surface area (Å²) in [5, 5.41) is 10.7. The van der Waals surface area contributed by atoms with E-state index in [1.807, 2.05) is 30.3 Å². The monoisotopic (exact) mass is 330 g/mol. The normalized spacial score (nSPS) is 9.96. The van der Waals surface area contributed by atoms with Crippen molar-refractivity contribution in [2.24, 2.45) is 0 Å². The van der Waals surface area contributed by atoms with E-state index in [2.05, 4.69) is 0 Å². The number of hydrogen-bond acceptors (Lipinski definition) is 5. The number of ether oxygens (including phenoxy) is 1. The number of nitrogens with zero attached hydrogens (tertiary/aromatic N) is 2. The van der Waals surface area contributed by atoms with Gasteiger partial charge in [0.1, 0.15) is 0 Å². The Hall–Kier alpha value is -2.80. The minimum absolute atomic E-state index is 0.00496. The summed E-state index contributed by atoms with van der Waals surface area (Å²) in [5.41, 5.74) is 0.918. The average Bonchev–Trinajstić information content (AvgIpc) is 2.55. The van der Waals surface area contributed by atoms with Gasteiger partial charge < -0.3 is 9.64 Å². The van der Waals surface area contributed by atoms with Crippen LogP contribution in [0.3, 0.4) is 0 Å². The molecule has 23 heavy (non-hydrogen) atoms. The average molecular weight is 330 g/mol. The molecule has 0 atom stereocenters. The van der Waals surface area contributed by atoms with Crippen molar-refractivity contribution in [3.63, 3.8) is 0 Å². The van der Waals surface area contributed by atoms with Gasteiger partial charge in [-0.25, -0.2) is 4.79 Å². The molecule has 0 saturated heterocycles. The molecule has 7 heteroatoms. The molecule has 0 aliphatic rings. The Balaban J connectivity index is 2.00. The topological polar surface area (TPSA) is 72.7 Å². The minimum atomic E-state index is -0.724. The molecule has 0 radical (unpaired) electrons. The third kappa shape index (κ3) is 4.58. The van der Waals surface area contributed by atoms with Crippen LogP contribution in [0, 0.1) is 10.1 Å². The highest BCUT2D eigenvalue weighted by atomic mass is 32.1. The maximum atomic E-state index is 12.0. The Morgan fingerprint density at radius 1 is 1.22 bits per heavy atom. The van der Waals surface area contributed by atoms with E-state index in [0.717, 1.165) is 11.6 Å². The molecule has 0 heterocycles. The summed E-state index contributed by atoms with van der Waals surface area (Å²) in [5.74, 6) is -0.724. The third-order valence-electron chi connectivity index (χ3n) is 3.05. The molecule has 0 saturated carbocycles. The highest BCUT2D eigenvalue weighted by molar-refractivity contribution is 7.80. The molecule has 0 fully saturated rings. The Kier molecular flexibility index (Phi) is 5.37. The number of thiocarbonyl (C=S) groups is 1. The fraction of sp³-hybridized carbons (Fsp3) is 0.125. The predicted octanol–water partition coefficient (Wildman–Crippen LogP) is 3.17. The molecule has 0 spiro atoms. The first-order valence-corrected chi connectivity index (χ1v) is 7.14. The number of carbonyl (C=O) groups is 1. The van der Waals surface area contributed by atoms with Gasteiger partial charge in [0.25, 0.3) is 10.9 Å². The van der Waals surface area contributed by atoms with E-state index >= 15 is 0 Å². The van der Waals surface area contributed by atoms with Crippen LogP contribution in [-0.4, -0.2) is 28.0 Å². The fourth-order valence-electron chi connectivity index (χ4n) is 1.88. The Labute approximate surface area is 138 Å². The number of nitro groups is 1. The summed E-state index contributed by atoms with van der Waals surface area (Å²) in [6.45, 7) is 0.488. The van der Waals surface area contributed by atoms with Gasteiger partial charge in [-0.05, 0) is 23.8 Å². The summed E-state index contributed by atoms with van der Waals surface area (Å²) >= 11 is 5.09. The fourth-order valence-corrected chi connectivity index (χ4v) is 2.02. The lowest BCUT2D eigenvalue weighted by atomic mass is 10.2. The molecular formula is C16H14N2O4S. The van der Waals surface area contributed by atoms with Gasteiger partial charge in [0.2, 0.25) is 0 Å². The molecule has 0 N–H and O–H groups in total. The summed E-state index contributed by atoms with van der Waals surface area (Å²) in [6.07, 6.45) is 0. The zero-order chi connectivity index (χ0) is 16.8. The van der Waals surface area contributed by atoms with Gasteiger partial charge in [0.15, 0.2) is 0 Å². The summed E-state index contributed by atoms with van der Waals surface area (Å²) in [4.78, 5) is 23.8. The summed E-state index contributed by atoms with van der Waals surface area (Å²) < 4.78 is 5.10. The molecule has 0 aliphatic heterocycles. The van der Waals surface area contributed by atoms with Crippen molar-refractivity contribution in [2.45, 2.75) is 6.54 Å². The minimum Gasteiger partial charge on any atom is -0.395 e. The number of nitro benzene ring substituents is 1. The number of carbonyl (C=O) groups excluding carboxylic acids is 1. The van der Waals surface area contributed by atoms with Crippen LogP contribution >= 0.6 is 12.2 Å². The highest BCUT2D eigenvalue weighted by Gasteiger charge is 2.16. The number of benzene rings is 2. The van der Waals surface area contributed by atoms with Crippen LogP contribution in [-0.2, 0) is 11.3 Å². The van der Waals surface area contributed by atoms with E-state index in [-0.39, 0.29) is 16.4 Å². The van der Waals surface area contributed by atoms with E-state index in [1.165, 1.54) is 18.2 Å². The first kappa shape index (κ1) is 16.6. The Morgan fingerprint density at radius 2 is 1.91 bits per heavy atom. The van der Waals surface area contributed by atoms with E-state index in [4.69, 9.17) is 17.0 Å². The molecule has 2 rings (SSSR count). The second kappa shape index (κ2) is 7.46. The first-order chi connectivity index (χ1) is 11.0. The van der Waals surface area contributed by atoms with Gasteiger partial charge in [-0.1, -0.05) is 36.4 Å². The molecule has 0 amide bonds. The van der Waals surface area contributed by atoms with Crippen LogP contribution in [0.15, 0.2) is 54.6 Å². The number of hydrogen-bond donors (Lipinski definition) is 0. The van der Waals surface area contributed by atoms with E-state index < -0.39 is 10.9 Å². The van der Waals surface area contributed by atoms with Gasteiger partial charge in [0, 0.05) is 25.7 Å². The maximum Gasteiger partial charge on any atom is 0.345 e. The second-order valence-corrected chi connectivity index (χ2v) is 5.15. The quantitative estimate of drug-likeness (QED) is 0.371. The summed E-state index contributed by atoms with van der Waals surface area (Å²) in [7, 11) is 1.70. The van der Waals surface area contributed by atoms with Gasteiger partial charge >= 0.3 is 5.97 Å². The SMILES string of the molecule is CN(Cc1ccccc1)C(=S)OC(=O)c1cccc([N+](=O)[O-])c1. The molecular weight excluding hydrogens is 316 g/mol. The molecule has 2 aromatic carbocycles. The lowest BCUT2D eigenvalue weighted by Crippen LogP contribution is -2.28. The first-order valence-electron chi connectivity index (χ1n) is 6.73. The Bertz CT molecular complexity index is 734. The van der Waals surface area contributed by atoms with Crippen molar-refractivity contribution >= 4 is 29.0 Å². The number of non-ortho nitro benzene ring substituents is 1. The van der Waals surface area contributed by atoms with Crippen LogP contribution in [0.5, 0.6) is 0 Å². The molecule has 0 aliphatic carbocycles.